The molecule has 4 rings (SSSR count). The van der Waals surface area contributed by atoms with Crippen molar-refractivity contribution in [3.8, 4) is 0 Å². The van der Waals surface area contributed by atoms with Crippen molar-refractivity contribution in [1.29, 1.82) is 0 Å². The van der Waals surface area contributed by atoms with E-state index in [1.54, 1.807) is 31.3 Å². The number of sulfonamides is 1. The molecule has 2 unspecified atom stereocenters. The molecular weight excluding hydrogens is 520 g/mol. The summed E-state index contributed by atoms with van der Waals surface area (Å²) in [6, 6.07) is 12.1. The molecule has 10 nitrogen and oxygen atoms in total. The minimum atomic E-state index is -3.89. The summed E-state index contributed by atoms with van der Waals surface area (Å²) < 4.78 is 33.1. The number of aliphatic hydroxyl groups is 1. The fourth-order valence-electron chi connectivity index (χ4n) is 4.79. The van der Waals surface area contributed by atoms with E-state index in [4.69, 9.17) is 4.42 Å². The average Bonchev–Trinajstić information content (AvgIpc) is 3.25. The van der Waals surface area contributed by atoms with Gasteiger partial charge in [0.2, 0.25) is 5.91 Å². The Bertz CT molecular complexity index is 1380. The van der Waals surface area contributed by atoms with E-state index in [1.807, 2.05) is 39.0 Å². The fraction of sp³-hybridized carbons (Fsp3) is 0.464. The predicted octanol–water partition coefficient (Wildman–Crippen LogP) is 3.04. The average molecular weight is 557 g/mol. The first-order valence-corrected chi connectivity index (χ1v) is 14.5. The maximum atomic E-state index is 13.6. The van der Waals surface area contributed by atoms with Gasteiger partial charge in [-0.25, -0.2) is 13.4 Å². The van der Waals surface area contributed by atoms with Gasteiger partial charge in [0.1, 0.15) is 11.6 Å². The summed E-state index contributed by atoms with van der Waals surface area (Å²) in [4.78, 5) is 32.3. The summed E-state index contributed by atoms with van der Waals surface area (Å²) in [5.41, 5.74) is 0.290. The number of aliphatic hydroxyl groups excluding tert-OH is 1. The molecule has 0 bridgehead atoms. The van der Waals surface area contributed by atoms with E-state index in [1.165, 1.54) is 21.5 Å². The molecule has 1 fully saturated rings. The maximum absolute atomic E-state index is 13.6. The molecule has 1 aliphatic rings. The van der Waals surface area contributed by atoms with Crippen molar-refractivity contribution < 1.29 is 27.5 Å². The summed E-state index contributed by atoms with van der Waals surface area (Å²) >= 11 is 0. The number of pyridine rings is 1. The first-order chi connectivity index (χ1) is 18.4. The number of fused-ring (bicyclic) bond motifs is 1. The molecule has 2 amide bonds. The van der Waals surface area contributed by atoms with Crippen LogP contribution in [0.2, 0.25) is 0 Å². The minimum absolute atomic E-state index is 0.0874. The summed E-state index contributed by atoms with van der Waals surface area (Å²) in [6.45, 7) is 5.95. The number of nitrogens with one attached hydrogen (secondary N) is 1. The molecule has 0 aliphatic carbocycles. The summed E-state index contributed by atoms with van der Waals surface area (Å²) in [7, 11) is -2.33. The Balaban J connectivity index is 1.50. The molecule has 11 heteroatoms. The number of nitrogens with zero attached hydrogens (tertiary/aromatic N) is 3. The quantitative estimate of drug-likeness (QED) is 0.457. The third-order valence-corrected chi connectivity index (χ3v) is 8.66. The maximum Gasteiger partial charge on any atom is 0.290 e. The molecule has 3 heterocycles. The van der Waals surface area contributed by atoms with Crippen molar-refractivity contribution in [2.75, 3.05) is 20.1 Å². The highest BCUT2D eigenvalue weighted by Gasteiger charge is 2.37. The second kappa shape index (κ2) is 11.4. The highest BCUT2D eigenvalue weighted by Crippen LogP contribution is 2.27. The van der Waals surface area contributed by atoms with E-state index in [-0.39, 0.29) is 29.3 Å². The lowest BCUT2D eigenvalue weighted by Gasteiger charge is -2.33. The van der Waals surface area contributed by atoms with Gasteiger partial charge in [0.05, 0.1) is 12.1 Å². The van der Waals surface area contributed by atoms with Crippen LogP contribution in [0.3, 0.4) is 0 Å². The SMILES string of the molecule is CN(C(=O)c1cc2ccccc2o1)[C@@H](CC(C)(C)C)C(=O)NC1CCCN(S(=O)(=O)c2ccccn2)CC1O. The van der Waals surface area contributed by atoms with Gasteiger partial charge in [-0.15, -0.1) is 0 Å². The monoisotopic (exact) mass is 556 g/mol. The third-order valence-electron chi connectivity index (χ3n) is 6.88. The van der Waals surface area contributed by atoms with Crippen LogP contribution in [0.4, 0.5) is 0 Å². The number of amides is 2. The highest BCUT2D eigenvalue weighted by atomic mass is 32.2. The van der Waals surface area contributed by atoms with Gasteiger partial charge in [0.15, 0.2) is 10.8 Å². The zero-order valence-electron chi connectivity index (χ0n) is 22.7. The molecule has 39 heavy (non-hydrogen) atoms. The van der Waals surface area contributed by atoms with E-state index in [0.29, 0.717) is 24.8 Å². The van der Waals surface area contributed by atoms with Gasteiger partial charge in [-0.2, -0.15) is 4.31 Å². The van der Waals surface area contributed by atoms with Gasteiger partial charge in [-0.1, -0.05) is 45.0 Å². The van der Waals surface area contributed by atoms with Crippen molar-refractivity contribution in [2.45, 2.75) is 63.2 Å². The Morgan fingerprint density at radius 3 is 2.59 bits per heavy atom. The Kier molecular flexibility index (Phi) is 8.43. The van der Waals surface area contributed by atoms with Gasteiger partial charge in [-0.05, 0) is 48.9 Å². The number of hydrogen-bond acceptors (Lipinski definition) is 7. The van der Waals surface area contributed by atoms with E-state index >= 15 is 0 Å². The second-order valence-electron chi connectivity index (χ2n) is 11.2. The van der Waals surface area contributed by atoms with Crippen LogP contribution >= 0.6 is 0 Å². The van der Waals surface area contributed by atoms with Crippen molar-refractivity contribution in [3.05, 3.63) is 60.5 Å². The minimum Gasteiger partial charge on any atom is -0.451 e. The molecule has 2 aromatic heterocycles. The van der Waals surface area contributed by atoms with Gasteiger partial charge >= 0.3 is 0 Å². The van der Waals surface area contributed by atoms with Gasteiger partial charge in [0, 0.05) is 31.7 Å². The summed E-state index contributed by atoms with van der Waals surface area (Å²) in [5, 5.41) is 14.6. The molecule has 1 saturated heterocycles. The number of carbonyl (C=O) groups is 2. The summed E-state index contributed by atoms with van der Waals surface area (Å²) in [5.74, 6) is -0.707. The molecule has 3 aromatic rings. The number of β-amino-alcohol motifs (C(OH)–C–C–N with tert-alkyl or cyclic N) is 1. The number of benzene rings is 1. The lowest BCUT2D eigenvalue weighted by molar-refractivity contribution is -0.128. The first kappa shape index (κ1) is 28.7. The lowest BCUT2D eigenvalue weighted by atomic mass is 9.87. The first-order valence-electron chi connectivity index (χ1n) is 13.0. The smallest absolute Gasteiger partial charge is 0.290 e. The number of likely N-dealkylation sites (N-methyl/N-ethyl adjacent to an activating group) is 1. The third kappa shape index (κ3) is 6.66. The van der Waals surface area contributed by atoms with Crippen molar-refractivity contribution in [3.63, 3.8) is 0 Å². The molecule has 0 saturated carbocycles. The van der Waals surface area contributed by atoms with Crippen LogP contribution in [0.15, 0.2) is 64.2 Å². The Morgan fingerprint density at radius 2 is 1.92 bits per heavy atom. The Hall–Kier alpha value is -3.28. The Morgan fingerprint density at radius 1 is 1.21 bits per heavy atom. The van der Waals surface area contributed by atoms with Crippen LogP contribution in [-0.4, -0.2) is 77.9 Å². The van der Waals surface area contributed by atoms with Gasteiger partial charge < -0.3 is 19.7 Å². The van der Waals surface area contributed by atoms with Crippen molar-refractivity contribution >= 4 is 32.8 Å². The highest BCUT2D eigenvalue weighted by molar-refractivity contribution is 7.89. The topological polar surface area (TPSA) is 133 Å². The number of carbonyl (C=O) groups excluding carboxylic acids is 2. The zero-order chi connectivity index (χ0) is 28.4. The molecule has 0 radical (unpaired) electrons. The van der Waals surface area contributed by atoms with Crippen LogP contribution in [0.5, 0.6) is 0 Å². The van der Waals surface area contributed by atoms with Crippen LogP contribution in [0.1, 0.15) is 50.6 Å². The number of aromatic nitrogens is 1. The standard InChI is InChI=1S/C28H36N4O6S/c1-28(2,3)17-21(31(4)27(35)24-16-19-10-5-6-12-23(19)38-24)26(34)30-20-11-9-15-32(18-22(20)33)39(36,37)25-13-7-8-14-29-25/h5-8,10,12-14,16,20-22,33H,9,11,15,17-18H2,1-4H3,(H,30,34)/t20?,21-,22?/m0/s1. The van der Waals surface area contributed by atoms with E-state index in [9.17, 15) is 23.1 Å². The molecule has 2 N–H and O–H groups in total. The number of hydrogen-bond donors (Lipinski definition) is 2. The number of rotatable bonds is 7. The molecule has 210 valence electrons. The van der Waals surface area contributed by atoms with Crippen LogP contribution in [0, 0.1) is 5.41 Å². The lowest BCUT2D eigenvalue weighted by Crippen LogP contribution is -2.54. The molecule has 1 aliphatic heterocycles. The Labute approximate surface area is 229 Å². The largest absolute Gasteiger partial charge is 0.451 e. The van der Waals surface area contributed by atoms with Gasteiger partial charge in [0.25, 0.3) is 15.9 Å². The van der Waals surface area contributed by atoms with Crippen LogP contribution in [-0.2, 0) is 14.8 Å². The van der Waals surface area contributed by atoms with E-state index in [2.05, 4.69) is 10.3 Å². The predicted molar refractivity (Wildman–Crippen MR) is 146 cm³/mol. The van der Waals surface area contributed by atoms with Crippen LogP contribution < -0.4 is 5.32 Å². The molecule has 0 spiro atoms. The number of para-hydroxylation sites is 1. The van der Waals surface area contributed by atoms with Crippen molar-refractivity contribution in [1.82, 2.24) is 19.5 Å². The second-order valence-corrected chi connectivity index (χ2v) is 13.1. The normalized spacial score (nSPS) is 19.8. The zero-order valence-corrected chi connectivity index (χ0v) is 23.5. The molecule has 1 aromatic carbocycles. The van der Waals surface area contributed by atoms with Gasteiger partial charge in [-0.3, -0.25) is 9.59 Å². The van der Waals surface area contributed by atoms with E-state index < -0.39 is 40.0 Å². The molecule has 3 atom stereocenters. The summed E-state index contributed by atoms with van der Waals surface area (Å²) in [6.07, 6.45) is 1.45. The number of furan rings is 1. The van der Waals surface area contributed by atoms with E-state index in [0.717, 1.165) is 5.39 Å². The fourth-order valence-corrected chi connectivity index (χ4v) is 6.22. The van der Waals surface area contributed by atoms with Crippen molar-refractivity contribution in [2.24, 2.45) is 5.41 Å². The molecular formula is C28H36N4O6S. The van der Waals surface area contributed by atoms with Crippen LogP contribution in [0.25, 0.3) is 11.0 Å².